The van der Waals surface area contributed by atoms with E-state index in [-0.39, 0.29) is 11.4 Å². The summed E-state index contributed by atoms with van der Waals surface area (Å²) in [4.78, 5) is 21.1. The minimum Gasteiger partial charge on any atom is -0.339 e. The van der Waals surface area contributed by atoms with Gasteiger partial charge in [-0.05, 0) is 44.0 Å². The molecular weight excluding hydrogens is 264 g/mol. The summed E-state index contributed by atoms with van der Waals surface area (Å²) in [6.07, 6.45) is 5.73. The maximum absolute atomic E-state index is 12.6. The molecule has 1 unspecified atom stereocenters. The molecule has 0 radical (unpaired) electrons. The molecule has 114 valence electrons. The van der Waals surface area contributed by atoms with E-state index in [1.807, 2.05) is 24.2 Å². The molecule has 1 amide bonds. The first kappa shape index (κ1) is 14.5. The van der Waals surface area contributed by atoms with Crippen LogP contribution in [-0.2, 0) is 11.3 Å². The van der Waals surface area contributed by atoms with Crippen LogP contribution in [-0.4, -0.2) is 59.0 Å². The van der Waals surface area contributed by atoms with Crippen LogP contribution in [0.5, 0.6) is 0 Å². The predicted molar refractivity (Wildman–Crippen MR) is 81.7 cm³/mol. The zero-order valence-corrected chi connectivity index (χ0v) is 12.7. The lowest BCUT2D eigenvalue weighted by Gasteiger charge is -2.38. The van der Waals surface area contributed by atoms with Crippen LogP contribution in [0, 0.1) is 0 Å². The highest BCUT2D eigenvalue weighted by Crippen LogP contribution is 2.22. The Bertz CT molecular complexity index is 476. The van der Waals surface area contributed by atoms with Crippen LogP contribution in [0.1, 0.15) is 25.3 Å². The number of aromatic nitrogens is 1. The monoisotopic (exact) mass is 288 g/mol. The van der Waals surface area contributed by atoms with Gasteiger partial charge in [0.25, 0.3) is 0 Å². The van der Waals surface area contributed by atoms with Gasteiger partial charge >= 0.3 is 0 Å². The van der Waals surface area contributed by atoms with Gasteiger partial charge in [-0.15, -0.1) is 0 Å². The van der Waals surface area contributed by atoms with Crippen LogP contribution >= 0.6 is 0 Å². The summed E-state index contributed by atoms with van der Waals surface area (Å²) in [5.74, 6) is 0.281. The van der Waals surface area contributed by atoms with Gasteiger partial charge in [0.1, 0.15) is 0 Å². The molecule has 0 aromatic carbocycles. The number of nitrogens with zero attached hydrogens (tertiary/aromatic N) is 3. The number of piperazine rings is 1. The van der Waals surface area contributed by atoms with E-state index in [4.69, 9.17) is 0 Å². The van der Waals surface area contributed by atoms with Crippen molar-refractivity contribution in [3.8, 4) is 0 Å². The topological polar surface area (TPSA) is 48.5 Å². The van der Waals surface area contributed by atoms with Crippen LogP contribution in [0.4, 0.5) is 0 Å². The Morgan fingerprint density at radius 3 is 2.62 bits per heavy atom. The van der Waals surface area contributed by atoms with Gasteiger partial charge in [-0.25, -0.2) is 0 Å². The molecule has 5 heteroatoms. The van der Waals surface area contributed by atoms with E-state index in [1.54, 1.807) is 0 Å². The lowest BCUT2D eigenvalue weighted by molar-refractivity contribution is -0.139. The summed E-state index contributed by atoms with van der Waals surface area (Å²) in [5, 5.41) is 3.37. The second-order valence-electron chi connectivity index (χ2n) is 6.29. The van der Waals surface area contributed by atoms with Gasteiger partial charge in [0.2, 0.25) is 5.91 Å². The zero-order valence-electron chi connectivity index (χ0n) is 12.7. The van der Waals surface area contributed by atoms with E-state index in [9.17, 15) is 4.79 Å². The first-order valence-electron chi connectivity index (χ1n) is 7.83. The fourth-order valence-corrected chi connectivity index (χ4v) is 3.28. The number of rotatable bonds is 3. The summed E-state index contributed by atoms with van der Waals surface area (Å²) in [6.45, 7) is 7.52. The summed E-state index contributed by atoms with van der Waals surface area (Å²) >= 11 is 0. The van der Waals surface area contributed by atoms with Crippen molar-refractivity contribution in [2.45, 2.75) is 31.8 Å². The molecule has 1 atom stereocenters. The standard InChI is InChI=1S/C16H24N4O/c1-16(5-2-6-18-16)15(21)20-11-9-19(10-12-20)13-14-3-7-17-8-4-14/h3-4,7-8,18H,2,5-6,9-13H2,1H3. The SMILES string of the molecule is CC1(C(=O)N2CCN(Cc3ccncc3)CC2)CCCN1. The molecule has 2 aliphatic rings. The highest BCUT2D eigenvalue weighted by Gasteiger charge is 2.39. The van der Waals surface area contributed by atoms with E-state index < -0.39 is 0 Å². The average Bonchev–Trinajstić information content (AvgIpc) is 2.96. The lowest BCUT2D eigenvalue weighted by Crippen LogP contribution is -2.57. The third kappa shape index (κ3) is 3.24. The van der Waals surface area contributed by atoms with Gasteiger partial charge < -0.3 is 10.2 Å². The molecule has 5 nitrogen and oxygen atoms in total. The van der Waals surface area contributed by atoms with Gasteiger partial charge in [0.15, 0.2) is 0 Å². The number of pyridine rings is 1. The molecule has 2 aliphatic heterocycles. The zero-order chi connectivity index (χ0) is 14.7. The summed E-state index contributed by atoms with van der Waals surface area (Å²) in [7, 11) is 0. The Morgan fingerprint density at radius 1 is 1.29 bits per heavy atom. The van der Waals surface area contributed by atoms with Crippen molar-refractivity contribution in [1.29, 1.82) is 0 Å². The highest BCUT2D eigenvalue weighted by atomic mass is 16.2. The van der Waals surface area contributed by atoms with E-state index in [2.05, 4.69) is 27.3 Å². The first-order valence-corrected chi connectivity index (χ1v) is 7.83. The number of carbonyl (C=O) groups is 1. The fraction of sp³-hybridized carbons (Fsp3) is 0.625. The van der Waals surface area contributed by atoms with Crippen molar-refractivity contribution in [2.24, 2.45) is 0 Å². The van der Waals surface area contributed by atoms with E-state index >= 15 is 0 Å². The minimum atomic E-state index is -0.326. The summed E-state index contributed by atoms with van der Waals surface area (Å²) in [5.41, 5.74) is 0.960. The summed E-state index contributed by atoms with van der Waals surface area (Å²) < 4.78 is 0. The van der Waals surface area contributed by atoms with Crippen molar-refractivity contribution < 1.29 is 4.79 Å². The Kier molecular flexibility index (Phi) is 4.22. The minimum absolute atomic E-state index is 0.281. The van der Waals surface area contributed by atoms with Gasteiger partial charge in [0.05, 0.1) is 5.54 Å². The third-order valence-corrected chi connectivity index (χ3v) is 4.66. The third-order valence-electron chi connectivity index (χ3n) is 4.66. The molecule has 2 fully saturated rings. The van der Waals surface area contributed by atoms with Crippen LogP contribution in [0.15, 0.2) is 24.5 Å². The molecule has 0 bridgehead atoms. The number of nitrogens with one attached hydrogen (secondary N) is 1. The number of hydrogen-bond acceptors (Lipinski definition) is 4. The molecule has 1 aromatic rings. The maximum atomic E-state index is 12.6. The second-order valence-corrected chi connectivity index (χ2v) is 6.29. The molecule has 0 aliphatic carbocycles. The van der Waals surface area contributed by atoms with Crippen molar-refractivity contribution >= 4 is 5.91 Å². The lowest BCUT2D eigenvalue weighted by atomic mass is 9.98. The van der Waals surface area contributed by atoms with Crippen molar-refractivity contribution in [1.82, 2.24) is 20.1 Å². The van der Waals surface area contributed by atoms with Gasteiger partial charge in [-0.3, -0.25) is 14.7 Å². The van der Waals surface area contributed by atoms with Crippen LogP contribution < -0.4 is 5.32 Å². The Morgan fingerprint density at radius 2 is 2.00 bits per heavy atom. The fourth-order valence-electron chi connectivity index (χ4n) is 3.28. The number of carbonyl (C=O) groups excluding carboxylic acids is 1. The smallest absolute Gasteiger partial charge is 0.242 e. The van der Waals surface area contributed by atoms with Gasteiger partial charge in [-0.1, -0.05) is 0 Å². The van der Waals surface area contributed by atoms with Crippen LogP contribution in [0.25, 0.3) is 0 Å². The Labute approximate surface area is 126 Å². The van der Waals surface area contributed by atoms with Crippen LogP contribution in [0.2, 0.25) is 0 Å². The number of hydrogen-bond donors (Lipinski definition) is 1. The average molecular weight is 288 g/mol. The Hall–Kier alpha value is -1.46. The summed E-state index contributed by atoms with van der Waals surface area (Å²) in [6, 6.07) is 4.11. The van der Waals surface area contributed by atoms with Gasteiger partial charge in [0, 0.05) is 45.1 Å². The molecule has 1 aromatic heterocycles. The molecule has 0 spiro atoms. The van der Waals surface area contributed by atoms with Crippen LogP contribution in [0.3, 0.4) is 0 Å². The second kappa shape index (κ2) is 6.12. The molecule has 3 heterocycles. The van der Waals surface area contributed by atoms with Crippen molar-refractivity contribution in [3.05, 3.63) is 30.1 Å². The Balaban J connectivity index is 1.52. The van der Waals surface area contributed by atoms with E-state index in [1.165, 1.54) is 5.56 Å². The molecule has 0 saturated carbocycles. The molecule has 3 rings (SSSR count). The number of amides is 1. The quantitative estimate of drug-likeness (QED) is 0.896. The van der Waals surface area contributed by atoms with Gasteiger partial charge in [-0.2, -0.15) is 0 Å². The largest absolute Gasteiger partial charge is 0.339 e. The predicted octanol–water partition coefficient (Wildman–Crippen LogP) is 0.868. The normalized spacial score (nSPS) is 27.0. The first-order chi connectivity index (χ1) is 10.2. The van der Waals surface area contributed by atoms with E-state index in [0.717, 1.165) is 52.1 Å². The highest BCUT2D eigenvalue weighted by molar-refractivity contribution is 5.86. The molecule has 21 heavy (non-hydrogen) atoms. The molecule has 1 N–H and O–H groups in total. The van der Waals surface area contributed by atoms with E-state index in [0.29, 0.717) is 0 Å². The van der Waals surface area contributed by atoms with Crippen molar-refractivity contribution in [2.75, 3.05) is 32.7 Å². The van der Waals surface area contributed by atoms with Crippen molar-refractivity contribution in [3.63, 3.8) is 0 Å². The molecule has 2 saturated heterocycles. The maximum Gasteiger partial charge on any atom is 0.242 e. The molecular formula is C16H24N4O.